The lowest BCUT2D eigenvalue weighted by atomic mass is 10.2. The second-order valence-electron chi connectivity index (χ2n) is 5.19. The van der Waals surface area contributed by atoms with Crippen LogP contribution in [0.3, 0.4) is 0 Å². The van der Waals surface area contributed by atoms with E-state index in [9.17, 15) is 4.79 Å². The van der Waals surface area contributed by atoms with Crippen LogP contribution in [0.2, 0.25) is 0 Å². The minimum Gasteiger partial charge on any atom is -0.353 e. The monoisotopic (exact) mass is 303 g/mol. The van der Waals surface area contributed by atoms with Crippen LogP contribution >= 0.6 is 12.2 Å². The van der Waals surface area contributed by atoms with Crippen molar-refractivity contribution in [1.82, 2.24) is 25.1 Å². The number of carbonyl (C=O) groups is 1. The summed E-state index contributed by atoms with van der Waals surface area (Å²) in [6.07, 6.45) is 6.93. The van der Waals surface area contributed by atoms with E-state index in [2.05, 4.69) is 20.5 Å². The van der Waals surface area contributed by atoms with Crippen LogP contribution in [-0.2, 0) is 11.3 Å². The van der Waals surface area contributed by atoms with Gasteiger partial charge in [0, 0.05) is 37.0 Å². The number of pyridine rings is 1. The zero-order valence-corrected chi connectivity index (χ0v) is 12.4. The summed E-state index contributed by atoms with van der Waals surface area (Å²) in [5, 5.41) is 10.1. The summed E-state index contributed by atoms with van der Waals surface area (Å²) in [5.41, 5.74) is 0.958. The van der Waals surface area contributed by atoms with Gasteiger partial charge in [-0.1, -0.05) is 0 Å². The highest BCUT2D eigenvalue weighted by atomic mass is 32.1. The van der Waals surface area contributed by atoms with Crippen molar-refractivity contribution < 1.29 is 4.79 Å². The summed E-state index contributed by atoms with van der Waals surface area (Å²) in [6, 6.07) is 4.20. The number of hydrogen-bond donors (Lipinski definition) is 2. The molecule has 1 amide bonds. The van der Waals surface area contributed by atoms with E-state index in [1.165, 1.54) is 0 Å². The van der Waals surface area contributed by atoms with Crippen LogP contribution in [0, 0.1) is 4.77 Å². The van der Waals surface area contributed by atoms with E-state index in [0.29, 0.717) is 23.8 Å². The first-order valence-electron chi connectivity index (χ1n) is 7.09. The van der Waals surface area contributed by atoms with Gasteiger partial charge in [-0.15, -0.1) is 0 Å². The van der Waals surface area contributed by atoms with Crippen LogP contribution in [0.25, 0.3) is 11.4 Å². The molecule has 0 aromatic carbocycles. The Balaban J connectivity index is 1.63. The quantitative estimate of drug-likeness (QED) is 0.801. The second kappa shape index (κ2) is 6.17. The lowest BCUT2D eigenvalue weighted by Crippen LogP contribution is -2.25. The normalized spacial score (nSPS) is 14.1. The van der Waals surface area contributed by atoms with Crippen molar-refractivity contribution in [3.8, 4) is 11.4 Å². The lowest BCUT2D eigenvalue weighted by molar-refractivity contribution is -0.121. The van der Waals surface area contributed by atoms with Gasteiger partial charge >= 0.3 is 0 Å². The molecule has 0 bridgehead atoms. The van der Waals surface area contributed by atoms with Crippen LogP contribution in [0.1, 0.15) is 25.7 Å². The summed E-state index contributed by atoms with van der Waals surface area (Å²) in [5.74, 6) is 0.906. The minimum atomic E-state index is 0.123. The number of aromatic amines is 1. The average molecular weight is 303 g/mol. The number of nitrogens with one attached hydrogen (secondary N) is 2. The van der Waals surface area contributed by atoms with E-state index < -0.39 is 0 Å². The maximum Gasteiger partial charge on any atom is 0.220 e. The predicted octanol–water partition coefficient (Wildman–Crippen LogP) is 2.06. The van der Waals surface area contributed by atoms with Gasteiger partial charge in [0.15, 0.2) is 10.6 Å². The molecule has 0 saturated heterocycles. The minimum absolute atomic E-state index is 0.123. The van der Waals surface area contributed by atoms with Gasteiger partial charge < -0.3 is 9.88 Å². The molecule has 0 aliphatic heterocycles. The summed E-state index contributed by atoms with van der Waals surface area (Å²) in [7, 11) is 0. The zero-order chi connectivity index (χ0) is 14.7. The number of rotatable bonds is 6. The fourth-order valence-electron chi connectivity index (χ4n) is 2.17. The summed E-state index contributed by atoms with van der Waals surface area (Å²) in [4.78, 5) is 15.7. The van der Waals surface area contributed by atoms with Gasteiger partial charge in [-0.25, -0.2) is 0 Å². The van der Waals surface area contributed by atoms with Gasteiger partial charge in [0.1, 0.15) is 0 Å². The Morgan fingerprint density at radius 3 is 2.90 bits per heavy atom. The largest absolute Gasteiger partial charge is 0.353 e. The first kappa shape index (κ1) is 13.9. The standard InChI is InChI=1S/C14H17N5OS/c20-12(16-11-3-4-11)2-1-9-19-13(17-18-14(19)21)10-5-7-15-8-6-10/h5-8,11H,1-4,9H2,(H,16,20)(H,18,21). The fraction of sp³-hybridized carbons (Fsp3) is 0.429. The highest BCUT2D eigenvalue weighted by molar-refractivity contribution is 7.71. The maximum atomic E-state index is 11.7. The van der Waals surface area contributed by atoms with Crippen molar-refractivity contribution in [2.24, 2.45) is 0 Å². The third-order valence-corrected chi connectivity index (χ3v) is 3.74. The highest BCUT2D eigenvalue weighted by Crippen LogP contribution is 2.19. The summed E-state index contributed by atoms with van der Waals surface area (Å²) >= 11 is 5.26. The summed E-state index contributed by atoms with van der Waals surface area (Å²) in [6.45, 7) is 0.672. The molecule has 0 spiro atoms. The molecule has 2 aromatic rings. The Bertz CT molecular complexity index is 674. The summed E-state index contributed by atoms with van der Waals surface area (Å²) < 4.78 is 2.50. The first-order chi connectivity index (χ1) is 10.2. The Morgan fingerprint density at radius 1 is 1.43 bits per heavy atom. The molecule has 3 rings (SSSR count). The smallest absolute Gasteiger partial charge is 0.220 e. The molecule has 110 valence electrons. The van der Waals surface area contributed by atoms with Gasteiger partial charge in [0.2, 0.25) is 5.91 Å². The van der Waals surface area contributed by atoms with Crippen molar-refractivity contribution in [3.05, 3.63) is 29.3 Å². The maximum absolute atomic E-state index is 11.7. The zero-order valence-electron chi connectivity index (χ0n) is 11.6. The van der Waals surface area contributed by atoms with E-state index in [4.69, 9.17) is 12.2 Å². The molecule has 0 atom stereocenters. The molecule has 21 heavy (non-hydrogen) atoms. The molecule has 6 nitrogen and oxygen atoms in total. The molecule has 1 aliphatic carbocycles. The Kier molecular flexibility index (Phi) is 4.10. The molecule has 7 heteroatoms. The third kappa shape index (κ3) is 3.55. The fourth-order valence-corrected chi connectivity index (χ4v) is 2.40. The van der Waals surface area contributed by atoms with Gasteiger partial charge in [-0.2, -0.15) is 5.10 Å². The number of H-pyrrole nitrogens is 1. The number of nitrogens with zero attached hydrogens (tertiary/aromatic N) is 3. The lowest BCUT2D eigenvalue weighted by Gasteiger charge is -2.07. The SMILES string of the molecule is O=C(CCCn1c(-c2ccncc2)n[nH]c1=S)NC1CC1. The Labute approximate surface area is 127 Å². The van der Waals surface area contributed by atoms with E-state index >= 15 is 0 Å². The predicted molar refractivity (Wildman–Crippen MR) is 81.0 cm³/mol. The van der Waals surface area contributed by atoms with Crippen molar-refractivity contribution in [3.63, 3.8) is 0 Å². The van der Waals surface area contributed by atoms with Gasteiger partial charge in [-0.05, 0) is 43.6 Å². The molecule has 2 aromatic heterocycles. The number of carbonyl (C=O) groups excluding carboxylic acids is 1. The van der Waals surface area contributed by atoms with Crippen molar-refractivity contribution in [1.29, 1.82) is 0 Å². The van der Waals surface area contributed by atoms with Crippen molar-refractivity contribution >= 4 is 18.1 Å². The van der Waals surface area contributed by atoms with E-state index in [1.54, 1.807) is 12.4 Å². The molecule has 0 unspecified atom stereocenters. The van der Waals surface area contributed by atoms with Gasteiger partial charge in [0.25, 0.3) is 0 Å². The number of hydrogen-bond acceptors (Lipinski definition) is 4. The topological polar surface area (TPSA) is 75.6 Å². The molecule has 2 heterocycles. The number of amides is 1. The Morgan fingerprint density at radius 2 is 2.19 bits per heavy atom. The van der Waals surface area contributed by atoms with Crippen LogP contribution < -0.4 is 5.32 Å². The number of aromatic nitrogens is 4. The molecule has 2 N–H and O–H groups in total. The van der Waals surface area contributed by atoms with Crippen LogP contribution in [0.5, 0.6) is 0 Å². The van der Waals surface area contributed by atoms with Crippen molar-refractivity contribution in [2.75, 3.05) is 0 Å². The average Bonchev–Trinajstić information content (AvgIpc) is 3.23. The molecule has 1 fully saturated rings. The van der Waals surface area contributed by atoms with Crippen LogP contribution in [0.4, 0.5) is 0 Å². The molecular weight excluding hydrogens is 286 g/mol. The second-order valence-corrected chi connectivity index (χ2v) is 5.57. The highest BCUT2D eigenvalue weighted by Gasteiger charge is 2.22. The van der Waals surface area contributed by atoms with E-state index in [-0.39, 0.29) is 5.91 Å². The van der Waals surface area contributed by atoms with E-state index in [1.807, 2.05) is 16.7 Å². The Hall–Kier alpha value is -2.02. The first-order valence-corrected chi connectivity index (χ1v) is 7.50. The van der Waals surface area contributed by atoms with Crippen LogP contribution in [0.15, 0.2) is 24.5 Å². The van der Waals surface area contributed by atoms with Gasteiger partial charge in [0.05, 0.1) is 0 Å². The van der Waals surface area contributed by atoms with Crippen molar-refractivity contribution in [2.45, 2.75) is 38.3 Å². The van der Waals surface area contributed by atoms with Crippen LogP contribution in [-0.4, -0.2) is 31.7 Å². The molecule has 1 saturated carbocycles. The molecule has 0 radical (unpaired) electrons. The van der Waals surface area contributed by atoms with Gasteiger partial charge in [-0.3, -0.25) is 14.9 Å². The third-order valence-electron chi connectivity index (χ3n) is 3.42. The van der Waals surface area contributed by atoms with E-state index in [0.717, 1.165) is 30.7 Å². The molecular formula is C14H17N5OS. The molecule has 1 aliphatic rings.